The highest BCUT2D eigenvalue weighted by Gasteiger charge is 2.19. The average molecular weight is 434 g/mol. The summed E-state index contributed by atoms with van der Waals surface area (Å²) in [4.78, 5) is 14.8. The molecule has 6 nitrogen and oxygen atoms in total. The average Bonchev–Trinajstić information content (AvgIpc) is 3.18. The van der Waals surface area contributed by atoms with E-state index in [0.29, 0.717) is 23.1 Å². The number of thioether (sulfide) groups is 1. The topological polar surface area (TPSA) is 77.0 Å². The molecule has 0 radical (unpaired) electrons. The number of aromatic nitrogens is 3. The first-order chi connectivity index (χ1) is 15.1. The minimum Gasteiger partial charge on any atom is -0.335 e. The van der Waals surface area contributed by atoms with Gasteiger partial charge in [0.25, 0.3) is 0 Å². The number of nitrogens with zero attached hydrogens (tertiary/aromatic N) is 4. The van der Waals surface area contributed by atoms with Crippen LogP contribution < -0.4 is 10.7 Å². The van der Waals surface area contributed by atoms with Gasteiger partial charge in [-0.2, -0.15) is 0 Å². The van der Waals surface area contributed by atoms with E-state index in [0.717, 1.165) is 11.3 Å². The highest BCUT2D eigenvalue weighted by molar-refractivity contribution is 7.99. The van der Waals surface area contributed by atoms with E-state index in [-0.39, 0.29) is 17.5 Å². The number of carbonyl (C=O) groups is 1. The van der Waals surface area contributed by atoms with Crippen LogP contribution in [0.1, 0.15) is 5.56 Å². The zero-order valence-electron chi connectivity index (χ0n) is 16.6. The molecule has 0 aliphatic rings. The van der Waals surface area contributed by atoms with Gasteiger partial charge in [-0.05, 0) is 42.0 Å². The fourth-order valence-electron chi connectivity index (χ4n) is 3.07. The Morgan fingerprint density at radius 2 is 1.58 bits per heavy atom. The highest BCUT2D eigenvalue weighted by atomic mass is 32.2. The molecule has 0 atom stereocenters. The number of amides is 1. The maximum Gasteiger partial charge on any atom is 0.237 e. The van der Waals surface area contributed by atoms with Crippen LogP contribution in [-0.4, -0.2) is 26.5 Å². The molecule has 1 amide bonds. The number of halogens is 1. The lowest BCUT2D eigenvalue weighted by atomic mass is 10.2. The van der Waals surface area contributed by atoms with Crippen LogP contribution in [0, 0.1) is 5.82 Å². The number of rotatable bonds is 7. The molecule has 0 aliphatic heterocycles. The lowest BCUT2D eigenvalue weighted by molar-refractivity contribution is -0.116. The molecule has 156 valence electrons. The van der Waals surface area contributed by atoms with Gasteiger partial charge >= 0.3 is 0 Å². The molecular formula is C23H20FN5OS. The first kappa shape index (κ1) is 20.6. The van der Waals surface area contributed by atoms with Gasteiger partial charge in [0, 0.05) is 11.3 Å². The lowest BCUT2D eigenvalue weighted by Gasteiger charge is -2.23. The molecule has 1 aromatic heterocycles. The van der Waals surface area contributed by atoms with Gasteiger partial charge < -0.3 is 10.7 Å². The molecule has 31 heavy (non-hydrogen) atoms. The smallest absolute Gasteiger partial charge is 0.237 e. The Hall–Kier alpha value is -3.65. The maximum atomic E-state index is 13.2. The minimum atomic E-state index is -0.341. The van der Waals surface area contributed by atoms with E-state index in [1.807, 2.05) is 60.7 Å². The van der Waals surface area contributed by atoms with Crippen LogP contribution >= 0.6 is 11.8 Å². The summed E-state index contributed by atoms with van der Waals surface area (Å²) in [6.07, 6.45) is 0. The second kappa shape index (κ2) is 9.44. The van der Waals surface area contributed by atoms with Gasteiger partial charge in [-0.1, -0.05) is 60.3 Å². The largest absolute Gasteiger partial charge is 0.335 e. The quantitative estimate of drug-likeness (QED) is 0.350. The first-order valence-corrected chi connectivity index (χ1v) is 10.6. The summed E-state index contributed by atoms with van der Waals surface area (Å²) in [5.41, 5.74) is 2.49. The molecule has 0 fully saturated rings. The van der Waals surface area contributed by atoms with E-state index >= 15 is 0 Å². The van der Waals surface area contributed by atoms with Gasteiger partial charge in [0.1, 0.15) is 5.82 Å². The third kappa shape index (κ3) is 4.92. The molecule has 1 heterocycles. The van der Waals surface area contributed by atoms with E-state index in [4.69, 9.17) is 5.84 Å². The Kier molecular flexibility index (Phi) is 6.28. The molecule has 0 bridgehead atoms. The monoisotopic (exact) mass is 433 g/mol. The summed E-state index contributed by atoms with van der Waals surface area (Å²) in [6.45, 7) is 0.459. The van der Waals surface area contributed by atoms with E-state index in [1.54, 1.807) is 17.0 Å². The molecule has 2 N–H and O–H groups in total. The zero-order chi connectivity index (χ0) is 21.6. The van der Waals surface area contributed by atoms with Crippen LogP contribution in [-0.2, 0) is 11.3 Å². The third-order valence-corrected chi connectivity index (χ3v) is 5.57. The Morgan fingerprint density at radius 1 is 0.935 bits per heavy atom. The van der Waals surface area contributed by atoms with E-state index < -0.39 is 0 Å². The SMILES string of the molecule is Nn1c(SCC(=O)N(Cc2ccccc2)c2ccccc2)nnc1-c1ccc(F)cc1. The number of nitrogens with two attached hydrogens (primary N) is 1. The Balaban J connectivity index is 1.50. The summed E-state index contributed by atoms with van der Waals surface area (Å²) >= 11 is 1.21. The standard InChI is InChI=1S/C23H20FN5OS/c24-19-13-11-18(12-14-19)22-26-27-23(29(22)25)31-16-21(30)28(20-9-5-2-6-10-20)15-17-7-3-1-4-8-17/h1-14H,15-16,25H2. The molecule has 0 unspecified atom stereocenters. The number of hydrogen-bond acceptors (Lipinski definition) is 5. The molecule has 8 heteroatoms. The second-order valence-electron chi connectivity index (χ2n) is 6.77. The van der Waals surface area contributed by atoms with Crippen LogP contribution in [0.3, 0.4) is 0 Å². The number of carbonyl (C=O) groups excluding carboxylic acids is 1. The highest BCUT2D eigenvalue weighted by Crippen LogP contribution is 2.24. The van der Waals surface area contributed by atoms with Crippen LogP contribution in [0.4, 0.5) is 10.1 Å². The number of para-hydroxylation sites is 1. The van der Waals surface area contributed by atoms with Gasteiger partial charge in [0.2, 0.25) is 11.1 Å². The Morgan fingerprint density at radius 3 is 2.26 bits per heavy atom. The predicted molar refractivity (Wildman–Crippen MR) is 120 cm³/mol. The van der Waals surface area contributed by atoms with Crippen LogP contribution in [0.2, 0.25) is 0 Å². The van der Waals surface area contributed by atoms with Crippen LogP contribution in [0.25, 0.3) is 11.4 Å². The molecule has 4 rings (SSSR count). The second-order valence-corrected chi connectivity index (χ2v) is 7.72. The van der Waals surface area contributed by atoms with Crippen molar-refractivity contribution in [2.75, 3.05) is 16.5 Å². The van der Waals surface area contributed by atoms with Crippen molar-refractivity contribution in [3.63, 3.8) is 0 Å². The summed E-state index contributed by atoms with van der Waals surface area (Å²) < 4.78 is 14.5. The molecular weight excluding hydrogens is 413 g/mol. The molecule has 0 spiro atoms. The predicted octanol–water partition coefficient (Wildman–Crippen LogP) is 4.12. The Bertz CT molecular complexity index is 1150. The van der Waals surface area contributed by atoms with Crippen molar-refractivity contribution < 1.29 is 9.18 Å². The van der Waals surface area contributed by atoms with E-state index in [1.165, 1.54) is 28.6 Å². The first-order valence-electron chi connectivity index (χ1n) is 9.60. The number of nitrogen functional groups attached to an aromatic ring is 1. The number of hydrogen-bond donors (Lipinski definition) is 1. The summed E-state index contributed by atoms with van der Waals surface area (Å²) in [6, 6.07) is 25.2. The van der Waals surface area contributed by atoms with Crippen molar-refractivity contribution in [1.82, 2.24) is 14.9 Å². The molecule has 0 aliphatic carbocycles. The van der Waals surface area contributed by atoms with Crippen molar-refractivity contribution in [2.45, 2.75) is 11.7 Å². The van der Waals surface area contributed by atoms with Crippen LogP contribution in [0.5, 0.6) is 0 Å². The van der Waals surface area contributed by atoms with Crippen molar-refractivity contribution in [3.8, 4) is 11.4 Å². The van der Waals surface area contributed by atoms with Crippen LogP contribution in [0.15, 0.2) is 90.1 Å². The van der Waals surface area contributed by atoms with Crippen molar-refractivity contribution in [2.24, 2.45) is 0 Å². The number of benzene rings is 3. The summed E-state index contributed by atoms with van der Waals surface area (Å²) in [5, 5.41) is 8.58. The fraction of sp³-hybridized carbons (Fsp3) is 0.0870. The zero-order valence-corrected chi connectivity index (χ0v) is 17.4. The van der Waals surface area contributed by atoms with Gasteiger partial charge in [-0.15, -0.1) is 10.2 Å². The molecule has 3 aromatic carbocycles. The van der Waals surface area contributed by atoms with E-state index in [9.17, 15) is 9.18 Å². The minimum absolute atomic E-state index is 0.0774. The van der Waals surface area contributed by atoms with Crippen molar-refractivity contribution in [3.05, 3.63) is 96.3 Å². The van der Waals surface area contributed by atoms with E-state index in [2.05, 4.69) is 10.2 Å². The van der Waals surface area contributed by atoms with Crippen molar-refractivity contribution in [1.29, 1.82) is 0 Å². The fourth-order valence-corrected chi connectivity index (χ4v) is 3.81. The van der Waals surface area contributed by atoms with Gasteiger partial charge in [0.15, 0.2) is 5.82 Å². The summed E-state index contributed by atoms with van der Waals surface area (Å²) in [5.74, 6) is 6.25. The Labute approximate surface area is 183 Å². The number of anilines is 1. The van der Waals surface area contributed by atoms with Gasteiger partial charge in [-0.25, -0.2) is 9.07 Å². The molecule has 0 saturated carbocycles. The maximum absolute atomic E-state index is 13.2. The molecule has 0 saturated heterocycles. The van der Waals surface area contributed by atoms with Gasteiger partial charge in [0.05, 0.1) is 12.3 Å². The normalized spacial score (nSPS) is 10.7. The van der Waals surface area contributed by atoms with Crippen molar-refractivity contribution >= 4 is 23.4 Å². The third-order valence-electron chi connectivity index (χ3n) is 4.64. The van der Waals surface area contributed by atoms with Gasteiger partial charge in [-0.3, -0.25) is 4.79 Å². The molecule has 4 aromatic rings. The lowest BCUT2D eigenvalue weighted by Crippen LogP contribution is -2.32. The summed E-state index contributed by atoms with van der Waals surface area (Å²) in [7, 11) is 0.